The molecule has 43 heavy (non-hydrogen) atoms. The number of aromatic nitrogens is 4. The molecule has 5 rings (SSSR count). The van der Waals surface area contributed by atoms with Crippen molar-refractivity contribution < 1.29 is 14.4 Å². The van der Waals surface area contributed by atoms with Crippen LogP contribution in [0, 0.1) is 5.92 Å². The molecule has 10 nitrogen and oxygen atoms in total. The Labute approximate surface area is 255 Å². The number of amides is 3. The van der Waals surface area contributed by atoms with Gasteiger partial charge in [-0.2, -0.15) is 5.10 Å². The van der Waals surface area contributed by atoms with Gasteiger partial charge in [0.1, 0.15) is 11.7 Å². The molecular weight excluding hydrogens is 562 g/mol. The maximum absolute atomic E-state index is 13.8. The summed E-state index contributed by atoms with van der Waals surface area (Å²) in [6.45, 7) is 6.74. The number of hydrogen-bond donors (Lipinski definition) is 2. The summed E-state index contributed by atoms with van der Waals surface area (Å²) < 4.78 is 1.80. The van der Waals surface area contributed by atoms with Gasteiger partial charge in [0.05, 0.1) is 17.6 Å². The highest BCUT2D eigenvalue weighted by Gasteiger charge is 2.29. The third-order valence-corrected chi connectivity index (χ3v) is 8.26. The number of nitrogens with zero attached hydrogens (tertiary/aromatic N) is 5. The first-order valence-corrected chi connectivity index (χ1v) is 15.5. The SMILES string of the molecule is CC(C)[C@@H]1NC(=O)[C@@H](C)NC(=O)CCCN(C(=O)c2csc(Cc3ccccc3)n2)CCn2nc(-c3ccccc3)nc21. The van der Waals surface area contributed by atoms with E-state index in [-0.39, 0.29) is 30.1 Å². The fraction of sp³-hybridized carbons (Fsp3) is 0.375. The van der Waals surface area contributed by atoms with E-state index in [1.165, 1.54) is 11.3 Å². The second-order valence-electron chi connectivity index (χ2n) is 11.1. The molecule has 3 amide bonds. The van der Waals surface area contributed by atoms with Crippen molar-refractivity contribution in [1.29, 1.82) is 0 Å². The summed E-state index contributed by atoms with van der Waals surface area (Å²) in [4.78, 5) is 50.8. The number of benzene rings is 2. The van der Waals surface area contributed by atoms with E-state index in [0.717, 1.165) is 16.1 Å². The molecule has 0 radical (unpaired) electrons. The van der Waals surface area contributed by atoms with Gasteiger partial charge in [-0.25, -0.2) is 14.6 Å². The van der Waals surface area contributed by atoms with Crippen LogP contribution < -0.4 is 10.6 Å². The van der Waals surface area contributed by atoms with Gasteiger partial charge < -0.3 is 15.5 Å². The van der Waals surface area contributed by atoms with E-state index in [2.05, 4.69) is 15.6 Å². The Morgan fingerprint density at radius 1 is 0.977 bits per heavy atom. The molecule has 0 spiro atoms. The molecule has 0 aliphatic carbocycles. The van der Waals surface area contributed by atoms with Gasteiger partial charge in [0, 0.05) is 36.9 Å². The molecule has 11 heteroatoms. The molecular formula is C32H37N7O3S. The summed E-state index contributed by atoms with van der Waals surface area (Å²) >= 11 is 1.47. The predicted octanol–water partition coefficient (Wildman–Crippen LogP) is 4.25. The van der Waals surface area contributed by atoms with Crippen LogP contribution in [0.2, 0.25) is 0 Å². The predicted molar refractivity (Wildman–Crippen MR) is 165 cm³/mol. The van der Waals surface area contributed by atoms with E-state index in [1.54, 1.807) is 21.9 Å². The third-order valence-electron chi connectivity index (χ3n) is 7.42. The Balaban J connectivity index is 1.45. The summed E-state index contributed by atoms with van der Waals surface area (Å²) in [7, 11) is 0. The molecule has 0 saturated heterocycles. The average molecular weight is 600 g/mol. The average Bonchev–Trinajstić information content (AvgIpc) is 3.65. The number of nitrogens with one attached hydrogen (secondary N) is 2. The van der Waals surface area contributed by atoms with Gasteiger partial charge in [0.15, 0.2) is 11.6 Å². The lowest BCUT2D eigenvalue weighted by Gasteiger charge is -2.26. The van der Waals surface area contributed by atoms with Crippen molar-refractivity contribution >= 4 is 29.1 Å². The summed E-state index contributed by atoms with van der Waals surface area (Å²) in [5.74, 6) is 0.429. The Hall–Kier alpha value is -4.38. The van der Waals surface area contributed by atoms with Crippen LogP contribution in [0.4, 0.5) is 0 Å². The lowest BCUT2D eigenvalue weighted by Crippen LogP contribution is -2.47. The van der Waals surface area contributed by atoms with Gasteiger partial charge in [-0.15, -0.1) is 11.3 Å². The highest BCUT2D eigenvalue weighted by atomic mass is 32.1. The molecule has 0 fully saturated rings. The minimum atomic E-state index is -0.725. The van der Waals surface area contributed by atoms with Crippen molar-refractivity contribution in [2.75, 3.05) is 13.1 Å². The Morgan fingerprint density at radius 2 is 1.70 bits per heavy atom. The van der Waals surface area contributed by atoms with E-state index < -0.39 is 12.1 Å². The van der Waals surface area contributed by atoms with Crippen LogP contribution in [0.3, 0.4) is 0 Å². The van der Waals surface area contributed by atoms with E-state index in [4.69, 9.17) is 10.1 Å². The zero-order chi connectivity index (χ0) is 30.3. The number of thiazole rings is 1. The number of carbonyl (C=O) groups excluding carboxylic acids is 3. The van der Waals surface area contributed by atoms with Gasteiger partial charge >= 0.3 is 0 Å². The van der Waals surface area contributed by atoms with E-state index in [9.17, 15) is 14.4 Å². The van der Waals surface area contributed by atoms with E-state index in [1.807, 2.05) is 74.5 Å². The molecule has 224 valence electrons. The molecule has 4 aromatic rings. The number of carbonyl (C=O) groups is 3. The minimum Gasteiger partial charge on any atom is -0.345 e. The fourth-order valence-corrected chi connectivity index (χ4v) is 5.83. The standard InChI is InChI=1S/C32H37N7O3S/c1-21(2)28-30-36-29(24-13-8-5-9-14-24)37-39(30)18-17-38(16-10-15-26(40)33-22(3)31(41)35-28)32(42)25-20-43-27(34-25)19-23-11-6-4-7-12-23/h4-9,11-14,20-22,28H,10,15-19H2,1-3H3,(H,33,40)(H,35,41)/t22-,28+/m1/s1. The largest absolute Gasteiger partial charge is 0.345 e. The van der Waals surface area contributed by atoms with Crippen molar-refractivity contribution in [2.24, 2.45) is 5.92 Å². The highest BCUT2D eigenvalue weighted by molar-refractivity contribution is 7.09. The second kappa shape index (κ2) is 13.7. The molecule has 2 aromatic heterocycles. The van der Waals surface area contributed by atoms with Crippen molar-refractivity contribution in [3.05, 3.63) is 88.1 Å². The molecule has 3 heterocycles. The third kappa shape index (κ3) is 7.53. The lowest BCUT2D eigenvalue weighted by molar-refractivity contribution is -0.129. The van der Waals surface area contributed by atoms with Gasteiger partial charge in [-0.3, -0.25) is 14.4 Å². The summed E-state index contributed by atoms with van der Waals surface area (Å²) in [5, 5.41) is 13.4. The minimum absolute atomic E-state index is 0.0119. The maximum Gasteiger partial charge on any atom is 0.273 e. The monoisotopic (exact) mass is 599 g/mol. The zero-order valence-electron chi connectivity index (χ0n) is 24.7. The van der Waals surface area contributed by atoms with Crippen LogP contribution in [-0.2, 0) is 22.6 Å². The van der Waals surface area contributed by atoms with Crippen molar-refractivity contribution in [2.45, 2.75) is 58.7 Å². The highest BCUT2D eigenvalue weighted by Crippen LogP contribution is 2.25. The van der Waals surface area contributed by atoms with Gasteiger partial charge in [0.25, 0.3) is 5.91 Å². The normalized spacial score (nSPS) is 18.5. The fourth-order valence-electron chi connectivity index (χ4n) is 5.03. The molecule has 0 bridgehead atoms. The Bertz CT molecular complexity index is 1550. The van der Waals surface area contributed by atoms with E-state index >= 15 is 0 Å². The summed E-state index contributed by atoms with van der Waals surface area (Å²) in [5.41, 5.74) is 2.39. The van der Waals surface area contributed by atoms with Crippen LogP contribution in [0.1, 0.15) is 66.5 Å². The maximum atomic E-state index is 13.8. The van der Waals surface area contributed by atoms with Crippen LogP contribution >= 0.6 is 11.3 Å². The van der Waals surface area contributed by atoms with Gasteiger partial charge in [-0.05, 0) is 24.8 Å². The van der Waals surface area contributed by atoms with Crippen LogP contribution in [0.5, 0.6) is 0 Å². The lowest BCUT2D eigenvalue weighted by atomic mass is 10.0. The Kier molecular flexibility index (Phi) is 9.61. The van der Waals surface area contributed by atoms with Crippen LogP contribution in [-0.4, -0.2) is 61.5 Å². The zero-order valence-corrected chi connectivity index (χ0v) is 25.5. The van der Waals surface area contributed by atoms with Crippen LogP contribution in [0.25, 0.3) is 11.4 Å². The first-order chi connectivity index (χ1) is 20.8. The molecule has 0 unspecified atom stereocenters. The smallest absolute Gasteiger partial charge is 0.273 e. The topological polar surface area (TPSA) is 122 Å². The van der Waals surface area contributed by atoms with Crippen LogP contribution in [0.15, 0.2) is 66.0 Å². The Morgan fingerprint density at radius 3 is 2.42 bits per heavy atom. The number of rotatable bonds is 5. The molecule has 2 N–H and O–H groups in total. The van der Waals surface area contributed by atoms with Crippen molar-refractivity contribution in [1.82, 2.24) is 35.3 Å². The summed E-state index contributed by atoms with van der Waals surface area (Å²) in [6, 6.07) is 18.5. The van der Waals surface area contributed by atoms with Crippen molar-refractivity contribution in [3.63, 3.8) is 0 Å². The first-order valence-electron chi connectivity index (χ1n) is 14.7. The van der Waals surface area contributed by atoms with Gasteiger partial charge in [-0.1, -0.05) is 74.5 Å². The molecule has 0 saturated carbocycles. The molecule has 1 aliphatic rings. The number of fused-ring (bicyclic) bond motifs is 1. The quantitative estimate of drug-likeness (QED) is 0.354. The molecule has 1 aliphatic heterocycles. The summed E-state index contributed by atoms with van der Waals surface area (Å²) in [6.07, 6.45) is 1.29. The molecule has 2 aromatic carbocycles. The van der Waals surface area contributed by atoms with Crippen molar-refractivity contribution in [3.8, 4) is 11.4 Å². The second-order valence-corrected chi connectivity index (χ2v) is 12.0. The number of hydrogen-bond acceptors (Lipinski definition) is 7. The van der Waals surface area contributed by atoms with Gasteiger partial charge in [0.2, 0.25) is 11.8 Å². The molecule has 2 atom stereocenters. The first kappa shape index (κ1) is 30.1. The van der Waals surface area contributed by atoms with E-state index in [0.29, 0.717) is 49.8 Å².